The van der Waals surface area contributed by atoms with Crippen molar-refractivity contribution in [3.8, 4) is 0 Å². The summed E-state index contributed by atoms with van der Waals surface area (Å²) in [5.41, 5.74) is 0.644. The molecule has 3 nitrogen and oxygen atoms in total. The number of nitrogens with zero attached hydrogens (tertiary/aromatic N) is 3. The van der Waals surface area contributed by atoms with Crippen LogP contribution in [0, 0.1) is 0 Å². The fourth-order valence-electron chi connectivity index (χ4n) is 0.585. The molecule has 0 amide bonds. The summed E-state index contributed by atoms with van der Waals surface area (Å²) >= 11 is 11.1. The zero-order valence-corrected chi connectivity index (χ0v) is 7.02. The Labute approximate surface area is 68.9 Å². The van der Waals surface area contributed by atoms with E-state index in [1.807, 2.05) is 6.92 Å². The Morgan fingerprint density at radius 1 is 1.50 bits per heavy atom. The van der Waals surface area contributed by atoms with Crippen LogP contribution < -0.4 is 0 Å². The maximum absolute atomic E-state index is 5.64. The van der Waals surface area contributed by atoms with E-state index in [1.54, 1.807) is 0 Å². The summed E-state index contributed by atoms with van der Waals surface area (Å²) in [6.45, 7) is 2.66. The molecular formula is C5H7Cl2N3. The Balaban J connectivity index is 2.92. The van der Waals surface area contributed by atoms with Crippen LogP contribution in [0.2, 0.25) is 5.15 Å². The van der Waals surface area contributed by atoms with E-state index >= 15 is 0 Å². The molecule has 5 heteroatoms. The van der Waals surface area contributed by atoms with Crippen LogP contribution in [0.1, 0.15) is 12.6 Å². The minimum atomic E-state index is 0.318. The summed E-state index contributed by atoms with van der Waals surface area (Å²) in [4.78, 5) is 1.51. The van der Waals surface area contributed by atoms with Gasteiger partial charge in [0.15, 0.2) is 5.15 Å². The van der Waals surface area contributed by atoms with Crippen LogP contribution in [0.15, 0.2) is 0 Å². The van der Waals surface area contributed by atoms with Crippen molar-refractivity contribution in [3.05, 3.63) is 10.8 Å². The second-order valence-electron chi connectivity index (χ2n) is 1.76. The number of hydrogen-bond donors (Lipinski definition) is 0. The molecular weight excluding hydrogens is 173 g/mol. The molecule has 0 aliphatic heterocycles. The van der Waals surface area contributed by atoms with E-state index in [1.165, 1.54) is 4.80 Å². The van der Waals surface area contributed by atoms with Crippen LogP contribution in [0.4, 0.5) is 0 Å². The molecule has 0 aromatic carbocycles. The molecule has 1 aromatic heterocycles. The summed E-state index contributed by atoms with van der Waals surface area (Å²) in [6.07, 6.45) is 0. The van der Waals surface area contributed by atoms with Crippen LogP contribution in [0.25, 0.3) is 0 Å². The molecule has 0 saturated carbocycles. The molecule has 0 aliphatic rings. The van der Waals surface area contributed by atoms with E-state index in [9.17, 15) is 0 Å². The summed E-state index contributed by atoms with van der Waals surface area (Å²) in [7, 11) is 0. The van der Waals surface area contributed by atoms with Gasteiger partial charge in [0.1, 0.15) is 5.69 Å². The van der Waals surface area contributed by atoms with Gasteiger partial charge in [-0.1, -0.05) is 11.6 Å². The highest BCUT2D eigenvalue weighted by molar-refractivity contribution is 6.30. The van der Waals surface area contributed by atoms with Gasteiger partial charge in [0, 0.05) is 0 Å². The zero-order chi connectivity index (χ0) is 7.56. The Bertz CT molecular complexity index is 221. The number of halogens is 2. The van der Waals surface area contributed by atoms with Crippen molar-refractivity contribution >= 4 is 23.2 Å². The van der Waals surface area contributed by atoms with Gasteiger partial charge in [0.05, 0.1) is 12.4 Å². The topological polar surface area (TPSA) is 30.7 Å². The third kappa shape index (κ3) is 1.41. The molecule has 10 heavy (non-hydrogen) atoms. The van der Waals surface area contributed by atoms with Gasteiger partial charge in [0.2, 0.25) is 0 Å². The molecule has 0 fully saturated rings. The van der Waals surface area contributed by atoms with Gasteiger partial charge in [0.25, 0.3) is 0 Å². The summed E-state index contributed by atoms with van der Waals surface area (Å²) < 4.78 is 0. The van der Waals surface area contributed by atoms with Gasteiger partial charge in [-0.25, -0.2) is 0 Å². The lowest BCUT2D eigenvalue weighted by Crippen LogP contribution is -1.98. The molecule has 0 N–H and O–H groups in total. The van der Waals surface area contributed by atoms with Crippen LogP contribution in [0.5, 0.6) is 0 Å². The highest BCUT2D eigenvalue weighted by atomic mass is 35.5. The Morgan fingerprint density at radius 2 is 2.20 bits per heavy atom. The second-order valence-corrected chi connectivity index (χ2v) is 2.38. The summed E-state index contributed by atoms with van der Waals surface area (Å²) in [5.74, 6) is 0.318. The monoisotopic (exact) mass is 179 g/mol. The average molecular weight is 180 g/mol. The number of rotatable bonds is 2. The standard InChI is InChI=1S/C5H7Cl2N3/c1-2-10-8-4(3-6)5(7)9-10/h2-3H2,1H3. The molecule has 0 radical (unpaired) electrons. The van der Waals surface area contributed by atoms with Gasteiger partial charge >= 0.3 is 0 Å². The summed E-state index contributed by atoms with van der Waals surface area (Å²) in [5, 5.41) is 8.27. The first-order valence-corrected chi connectivity index (χ1v) is 3.84. The quantitative estimate of drug-likeness (QED) is 0.648. The number of aryl methyl sites for hydroxylation is 1. The van der Waals surface area contributed by atoms with Crippen LogP contribution in [-0.2, 0) is 12.4 Å². The number of alkyl halides is 1. The van der Waals surface area contributed by atoms with E-state index in [4.69, 9.17) is 23.2 Å². The minimum absolute atomic E-state index is 0.318. The van der Waals surface area contributed by atoms with Crippen molar-refractivity contribution in [2.75, 3.05) is 0 Å². The fraction of sp³-hybridized carbons (Fsp3) is 0.600. The molecule has 0 spiro atoms. The van der Waals surface area contributed by atoms with Crippen LogP contribution in [0.3, 0.4) is 0 Å². The molecule has 0 atom stereocenters. The summed E-state index contributed by atoms with van der Waals surface area (Å²) in [6, 6.07) is 0. The molecule has 56 valence electrons. The third-order valence-corrected chi connectivity index (χ3v) is 1.63. The molecule has 0 unspecified atom stereocenters. The Hall–Kier alpha value is -0.280. The number of aromatic nitrogens is 3. The molecule has 1 rings (SSSR count). The van der Waals surface area contributed by atoms with Gasteiger partial charge in [-0.2, -0.15) is 9.90 Å². The SMILES string of the molecule is CCn1nc(Cl)c(CCl)n1. The first kappa shape index (κ1) is 7.82. The van der Waals surface area contributed by atoms with Crippen molar-refractivity contribution in [2.45, 2.75) is 19.3 Å². The number of hydrogen-bond acceptors (Lipinski definition) is 2. The van der Waals surface area contributed by atoms with Crippen molar-refractivity contribution in [1.82, 2.24) is 15.0 Å². The van der Waals surface area contributed by atoms with E-state index < -0.39 is 0 Å². The van der Waals surface area contributed by atoms with E-state index in [2.05, 4.69) is 10.2 Å². The molecule has 1 aromatic rings. The molecule has 1 heterocycles. The van der Waals surface area contributed by atoms with Crippen LogP contribution in [-0.4, -0.2) is 15.0 Å². The molecule has 0 aliphatic carbocycles. The van der Waals surface area contributed by atoms with E-state index in [-0.39, 0.29) is 0 Å². The average Bonchev–Trinajstić information content (AvgIpc) is 2.30. The van der Waals surface area contributed by atoms with Gasteiger partial charge in [-0.15, -0.1) is 16.7 Å². The maximum Gasteiger partial charge on any atom is 0.175 e. The lowest BCUT2D eigenvalue weighted by molar-refractivity contribution is 0.566. The highest BCUT2D eigenvalue weighted by Crippen LogP contribution is 2.11. The maximum atomic E-state index is 5.64. The minimum Gasteiger partial charge on any atom is -0.183 e. The second kappa shape index (κ2) is 3.21. The zero-order valence-electron chi connectivity index (χ0n) is 5.51. The first-order valence-electron chi connectivity index (χ1n) is 2.93. The highest BCUT2D eigenvalue weighted by Gasteiger charge is 2.04. The van der Waals surface area contributed by atoms with E-state index in [0.29, 0.717) is 16.7 Å². The third-order valence-electron chi connectivity index (χ3n) is 1.09. The van der Waals surface area contributed by atoms with E-state index in [0.717, 1.165) is 6.54 Å². The van der Waals surface area contributed by atoms with Gasteiger partial charge < -0.3 is 0 Å². The predicted octanol–water partition coefficient (Wildman–Crippen LogP) is 1.69. The lowest BCUT2D eigenvalue weighted by atomic mass is 10.6. The molecule has 0 saturated heterocycles. The van der Waals surface area contributed by atoms with Crippen molar-refractivity contribution in [2.24, 2.45) is 0 Å². The van der Waals surface area contributed by atoms with Crippen molar-refractivity contribution in [1.29, 1.82) is 0 Å². The first-order chi connectivity index (χ1) is 4.77. The predicted molar refractivity (Wildman–Crippen MR) is 40.3 cm³/mol. The van der Waals surface area contributed by atoms with Crippen LogP contribution >= 0.6 is 23.2 Å². The Morgan fingerprint density at radius 3 is 2.50 bits per heavy atom. The smallest absolute Gasteiger partial charge is 0.175 e. The van der Waals surface area contributed by atoms with Crippen molar-refractivity contribution in [3.63, 3.8) is 0 Å². The normalized spacial score (nSPS) is 10.3. The molecule has 0 bridgehead atoms. The lowest BCUT2D eigenvalue weighted by Gasteiger charge is -1.86. The largest absolute Gasteiger partial charge is 0.183 e. The Kier molecular flexibility index (Phi) is 2.51. The van der Waals surface area contributed by atoms with Gasteiger partial charge in [-0.3, -0.25) is 0 Å². The van der Waals surface area contributed by atoms with Crippen molar-refractivity contribution < 1.29 is 0 Å². The fourth-order valence-corrected chi connectivity index (χ4v) is 1.03. The van der Waals surface area contributed by atoms with Gasteiger partial charge in [-0.05, 0) is 6.92 Å².